The Hall–Kier alpha value is -1.27. The van der Waals surface area contributed by atoms with E-state index in [0.717, 1.165) is 29.0 Å². The predicted octanol–water partition coefficient (Wildman–Crippen LogP) is 4.88. The minimum Gasteiger partial charge on any atom is -0.438 e. The molecular weight excluding hydrogens is 350 g/mol. The van der Waals surface area contributed by atoms with E-state index < -0.39 is 0 Å². The van der Waals surface area contributed by atoms with Crippen LogP contribution in [-0.4, -0.2) is 22.8 Å². The normalized spacial score (nSPS) is 10.5. The molecule has 0 atom stereocenters. The fourth-order valence-electron chi connectivity index (χ4n) is 1.69. The molecule has 0 aliphatic carbocycles. The summed E-state index contributed by atoms with van der Waals surface area (Å²) in [5.41, 5.74) is 1.17. The van der Waals surface area contributed by atoms with E-state index in [1.54, 1.807) is 0 Å². The Morgan fingerprint density at radius 1 is 1.29 bits per heavy atom. The van der Waals surface area contributed by atoms with Crippen molar-refractivity contribution in [3.63, 3.8) is 0 Å². The van der Waals surface area contributed by atoms with Gasteiger partial charge < -0.3 is 10.1 Å². The number of thioether (sulfide) groups is 1. The van der Waals surface area contributed by atoms with Gasteiger partial charge in [-0.05, 0) is 53.2 Å². The highest BCUT2D eigenvalue weighted by molar-refractivity contribution is 9.10. The SMILES string of the molecule is CCCNc1cc(Oc2ccc(C)cc2Br)nc(SC)n1. The van der Waals surface area contributed by atoms with Gasteiger partial charge in [0.05, 0.1) is 4.47 Å². The van der Waals surface area contributed by atoms with Gasteiger partial charge in [0.2, 0.25) is 5.88 Å². The minimum atomic E-state index is 0.539. The first-order valence-electron chi connectivity index (χ1n) is 6.73. The molecule has 1 aromatic heterocycles. The molecule has 0 bridgehead atoms. The number of anilines is 1. The molecule has 1 heterocycles. The van der Waals surface area contributed by atoms with Gasteiger partial charge in [0, 0.05) is 12.6 Å². The third-order valence-corrected chi connectivity index (χ3v) is 3.89. The number of halogens is 1. The molecule has 4 nitrogen and oxygen atoms in total. The number of rotatable bonds is 6. The molecule has 0 aliphatic heterocycles. The Labute approximate surface area is 137 Å². The zero-order valence-corrected chi connectivity index (χ0v) is 14.7. The largest absolute Gasteiger partial charge is 0.438 e. The third kappa shape index (κ3) is 4.61. The second-order valence-electron chi connectivity index (χ2n) is 4.54. The van der Waals surface area contributed by atoms with Gasteiger partial charge in [0.1, 0.15) is 11.6 Å². The van der Waals surface area contributed by atoms with Crippen molar-refractivity contribution in [3.05, 3.63) is 34.3 Å². The van der Waals surface area contributed by atoms with Gasteiger partial charge in [-0.1, -0.05) is 24.8 Å². The maximum atomic E-state index is 5.88. The van der Waals surface area contributed by atoms with Crippen LogP contribution in [0.2, 0.25) is 0 Å². The van der Waals surface area contributed by atoms with Crippen molar-refractivity contribution in [2.45, 2.75) is 25.4 Å². The molecule has 0 amide bonds. The van der Waals surface area contributed by atoms with Gasteiger partial charge in [-0.15, -0.1) is 0 Å². The first-order chi connectivity index (χ1) is 10.1. The summed E-state index contributed by atoms with van der Waals surface area (Å²) in [7, 11) is 0. The van der Waals surface area contributed by atoms with Crippen LogP contribution in [0.15, 0.2) is 33.9 Å². The van der Waals surface area contributed by atoms with Gasteiger partial charge in [-0.3, -0.25) is 0 Å². The van der Waals surface area contributed by atoms with E-state index in [4.69, 9.17) is 4.74 Å². The topological polar surface area (TPSA) is 47.0 Å². The number of nitrogens with one attached hydrogen (secondary N) is 1. The van der Waals surface area contributed by atoms with Crippen LogP contribution in [0.3, 0.4) is 0 Å². The summed E-state index contributed by atoms with van der Waals surface area (Å²) in [6.45, 7) is 5.03. The zero-order valence-electron chi connectivity index (χ0n) is 12.3. The lowest BCUT2D eigenvalue weighted by Gasteiger charge is -2.10. The van der Waals surface area contributed by atoms with Crippen molar-refractivity contribution in [3.8, 4) is 11.6 Å². The first-order valence-corrected chi connectivity index (χ1v) is 8.75. The summed E-state index contributed by atoms with van der Waals surface area (Å²) < 4.78 is 6.79. The second kappa shape index (κ2) is 7.66. The molecule has 0 saturated heterocycles. The lowest BCUT2D eigenvalue weighted by Crippen LogP contribution is -2.04. The van der Waals surface area contributed by atoms with Gasteiger partial charge in [0.25, 0.3) is 0 Å². The molecule has 0 spiro atoms. The van der Waals surface area contributed by atoms with E-state index in [2.05, 4.69) is 38.1 Å². The third-order valence-electron chi connectivity index (χ3n) is 2.72. The summed E-state index contributed by atoms with van der Waals surface area (Å²) in [5.74, 6) is 2.07. The van der Waals surface area contributed by atoms with Gasteiger partial charge >= 0.3 is 0 Å². The number of aromatic nitrogens is 2. The van der Waals surface area contributed by atoms with Crippen molar-refractivity contribution >= 4 is 33.5 Å². The number of aryl methyl sites for hydroxylation is 1. The van der Waals surface area contributed by atoms with Gasteiger partial charge in [0.15, 0.2) is 5.16 Å². The van der Waals surface area contributed by atoms with Gasteiger partial charge in [-0.25, -0.2) is 4.98 Å². The van der Waals surface area contributed by atoms with Crippen molar-refractivity contribution in [2.24, 2.45) is 0 Å². The highest BCUT2D eigenvalue weighted by Crippen LogP contribution is 2.31. The summed E-state index contributed by atoms with van der Waals surface area (Å²) in [6.07, 6.45) is 2.99. The van der Waals surface area contributed by atoms with Crippen LogP contribution in [0.4, 0.5) is 5.82 Å². The lowest BCUT2D eigenvalue weighted by atomic mass is 10.2. The summed E-state index contributed by atoms with van der Waals surface area (Å²) in [5, 5.41) is 3.95. The fraction of sp³-hybridized carbons (Fsp3) is 0.333. The minimum absolute atomic E-state index is 0.539. The predicted molar refractivity (Wildman–Crippen MR) is 91.5 cm³/mol. The average Bonchev–Trinajstić information content (AvgIpc) is 2.48. The first kappa shape index (κ1) is 16.1. The van der Waals surface area contributed by atoms with Crippen LogP contribution < -0.4 is 10.1 Å². The van der Waals surface area contributed by atoms with Crippen molar-refractivity contribution < 1.29 is 4.74 Å². The second-order valence-corrected chi connectivity index (χ2v) is 6.17. The number of hydrogen-bond donors (Lipinski definition) is 1. The molecule has 0 fully saturated rings. The number of ether oxygens (including phenoxy) is 1. The molecule has 0 radical (unpaired) electrons. The molecule has 112 valence electrons. The fourth-order valence-corrected chi connectivity index (χ4v) is 2.64. The Morgan fingerprint density at radius 3 is 2.76 bits per heavy atom. The summed E-state index contributed by atoms with van der Waals surface area (Å²) in [4.78, 5) is 8.80. The molecule has 0 saturated carbocycles. The Bertz CT molecular complexity index is 622. The van der Waals surface area contributed by atoms with E-state index in [9.17, 15) is 0 Å². The van der Waals surface area contributed by atoms with E-state index in [1.165, 1.54) is 17.3 Å². The average molecular weight is 368 g/mol. The maximum Gasteiger partial charge on any atom is 0.225 e. The highest BCUT2D eigenvalue weighted by Gasteiger charge is 2.08. The molecule has 6 heteroatoms. The van der Waals surface area contributed by atoms with E-state index in [1.807, 2.05) is 37.4 Å². The summed E-state index contributed by atoms with van der Waals surface area (Å²) in [6, 6.07) is 7.77. The molecule has 1 N–H and O–H groups in total. The molecule has 1 aromatic carbocycles. The maximum absolute atomic E-state index is 5.88. The van der Waals surface area contributed by atoms with Crippen LogP contribution >= 0.6 is 27.7 Å². The van der Waals surface area contributed by atoms with Crippen LogP contribution in [0.5, 0.6) is 11.6 Å². The van der Waals surface area contributed by atoms with E-state index in [0.29, 0.717) is 11.0 Å². The number of hydrogen-bond acceptors (Lipinski definition) is 5. The van der Waals surface area contributed by atoms with Gasteiger partial charge in [-0.2, -0.15) is 4.98 Å². The zero-order chi connectivity index (χ0) is 15.2. The Balaban J connectivity index is 2.25. The Morgan fingerprint density at radius 2 is 2.10 bits per heavy atom. The Kier molecular flexibility index (Phi) is 5.87. The lowest BCUT2D eigenvalue weighted by molar-refractivity contribution is 0.453. The van der Waals surface area contributed by atoms with Crippen molar-refractivity contribution in [1.82, 2.24) is 9.97 Å². The summed E-state index contributed by atoms with van der Waals surface area (Å²) >= 11 is 5.01. The van der Waals surface area contributed by atoms with Crippen LogP contribution in [0.1, 0.15) is 18.9 Å². The van der Waals surface area contributed by atoms with Crippen molar-refractivity contribution in [1.29, 1.82) is 0 Å². The molecule has 2 aromatic rings. The van der Waals surface area contributed by atoms with Crippen LogP contribution in [0, 0.1) is 6.92 Å². The quantitative estimate of drug-likeness (QED) is 0.581. The van der Waals surface area contributed by atoms with Crippen LogP contribution in [-0.2, 0) is 0 Å². The number of nitrogens with zero attached hydrogens (tertiary/aromatic N) is 2. The van der Waals surface area contributed by atoms with E-state index >= 15 is 0 Å². The van der Waals surface area contributed by atoms with E-state index in [-0.39, 0.29) is 0 Å². The van der Waals surface area contributed by atoms with Crippen LogP contribution in [0.25, 0.3) is 0 Å². The molecule has 2 rings (SSSR count). The molecular formula is C15H18BrN3OS. The number of benzene rings is 1. The molecule has 0 unspecified atom stereocenters. The van der Waals surface area contributed by atoms with Crippen molar-refractivity contribution in [2.75, 3.05) is 18.1 Å². The monoisotopic (exact) mass is 367 g/mol. The smallest absolute Gasteiger partial charge is 0.225 e. The standard InChI is InChI=1S/C15H18BrN3OS/c1-4-7-17-13-9-14(19-15(18-13)21-3)20-12-6-5-10(2)8-11(12)16/h5-6,8-9H,4,7H2,1-3H3,(H,17,18,19). The molecule has 0 aliphatic rings. The molecule has 21 heavy (non-hydrogen) atoms. The highest BCUT2D eigenvalue weighted by atomic mass is 79.9.